The summed E-state index contributed by atoms with van der Waals surface area (Å²) >= 11 is 4.56. The van der Waals surface area contributed by atoms with E-state index in [1.807, 2.05) is 6.07 Å². The molecule has 0 saturated carbocycles. The van der Waals surface area contributed by atoms with Crippen LogP contribution in [0.15, 0.2) is 28.9 Å². The van der Waals surface area contributed by atoms with E-state index in [1.54, 1.807) is 18.3 Å². The number of ketones is 1. The Hall–Kier alpha value is -1.93. The minimum atomic E-state index is -0.577. The molecule has 0 unspecified atom stereocenters. The lowest BCUT2D eigenvalue weighted by Crippen LogP contribution is -2.22. The van der Waals surface area contributed by atoms with Gasteiger partial charge in [0.1, 0.15) is 5.69 Å². The number of carbonyl (C=O) groups is 3. The van der Waals surface area contributed by atoms with Crippen LogP contribution in [0.3, 0.4) is 0 Å². The average Bonchev–Trinajstić information content (AvgIpc) is 3.13. The summed E-state index contributed by atoms with van der Waals surface area (Å²) < 4.78 is 5.72. The van der Waals surface area contributed by atoms with Crippen molar-refractivity contribution in [3.8, 4) is 0 Å². The fourth-order valence-electron chi connectivity index (χ4n) is 1.79. The van der Waals surface area contributed by atoms with E-state index < -0.39 is 5.97 Å². The minimum absolute atomic E-state index is 0.0827. The van der Waals surface area contributed by atoms with Crippen LogP contribution < -0.4 is 5.32 Å². The molecular formula is C15H15BrN2O4S. The highest BCUT2D eigenvalue weighted by atomic mass is 79.9. The lowest BCUT2D eigenvalue weighted by atomic mass is 10.3. The molecule has 122 valence electrons. The third kappa shape index (κ3) is 5.33. The SMILES string of the molecule is CC(=O)NCCc1ccc(C(=O)COC(=O)c2cc(Br)c[nH]2)s1. The molecule has 2 aromatic rings. The molecule has 0 fully saturated rings. The second-order valence-corrected chi connectivity index (χ2v) is 6.81. The molecule has 0 spiro atoms. The molecule has 0 saturated heterocycles. The van der Waals surface area contributed by atoms with Crippen LogP contribution in [0.2, 0.25) is 0 Å². The Morgan fingerprint density at radius 2 is 2.13 bits per heavy atom. The number of aromatic amines is 1. The quantitative estimate of drug-likeness (QED) is 0.553. The Balaban J connectivity index is 1.82. The first-order valence-electron chi connectivity index (χ1n) is 6.83. The first kappa shape index (κ1) is 17.4. The number of hydrogen-bond donors (Lipinski definition) is 2. The van der Waals surface area contributed by atoms with Crippen LogP contribution in [0.5, 0.6) is 0 Å². The first-order chi connectivity index (χ1) is 11.0. The Labute approximate surface area is 145 Å². The van der Waals surface area contributed by atoms with Crippen LogP contribution in [0, 0.1) is 0 Å². The monoisotopic (exact) mass is 398 g/mol. The van der Waals surface area contributed by atoms with Crippen molar-refractivity contribution < 1.29 is 19.1 Å². The highest BCUT2D eigenvalue weighted by Crippen LogP contribution is 2.18. The minimum Gasteiger partial charge on any atom is -0.453 e. The zero-order valence-electron chi connectivity index (χ0n) is 12.3. The molecule has 6 nitrogen and oxygen atoms in total. The van der Waals surface area contributed by atoms with Gasteiger partial charge in [-0.1, -0.05) is 0 Å². The Morgan fingerprint density at radius 3 is 2.78 bits per heavy atom. The number of hydrogen-bond acceptors (Lipinski definition) is 5. The average molecular weight is 399 g/mol. The van der Waals surface area contributed by atoms with Crippen LogP contribution in [-0.4, -0.2) is 35.8 Å². The molecule has 0 radical (unpaired) electrons. The maximum atomic E-state index is 12.0. The van der Waals surface area contributed by atoms with Gasteiger partial charge in [0, 0.05) is 29.0 Å². The van der Waals surface area contributed by atoms with Crippen LogP contribution in [0.4, 0.5) is 0 Å². The number of amides is 1. The highest BCUT2D eigenvalue weighted by molar-refractivity contribution is 9.10. The van der Waals surface area contributed by atoms with Gasteiger partial charge in [-0.2, -0.15) is 0 Å². The fraction of sp³-hybridized carbons (Fsp3) is 0.267. The number of carbonyl (C=O) groups excluding carboxylic acids is 3. The predicted octanol–water partition coefficient (Wildman–Crippen LogP) is 2.56. The van der Waals surface area contributed by atoms with Crippen LogP contribution in [-0.2, 0) is 16.0 Å². The number of aromatic nitrogens is 1. The van der Waals surface area contributed by atoms with Crippen molar-refractivity contribution in [3.63, 3.8) is 0 Å². The lowest BCUT2D eigenvalue weighted by Gasteiger charge is -2.01. The molecule has 1 amide bonds. The van der Waals surface area contributed by atoms with Crippen molar-refractivity contribution in [2.75, 3.05) is 13.2 Å². The molecule has 0 aromatic carbocycles. The molecule has 0 atom stereocenters. The molecule has 2 aromatic heterocycles. The first-order valence-corrected chi connectivity index (χ1v) is 8.44. The Kier molecular flexibility index (Phi) is 6.12. The number of rotatable bonds is 7. The number of esters is 1. The summed E-state index contributed by atoms with van der Waals surface area (Å²) in [5.41, 5.74) is 0.284. The van der Waals surface area contributed by atoms with Crippen molar-refractivity contribution in [2.24, 2.45) is 0 Å². The largest absolute Gasteiger partial charge is 0.453 e. The van der Waals surface area contributed by atoms with Gasteiger partial charge < -0.3 is 15.0 Å². The molecular weight excluding hydrogens is 384 g/mol. The number of nitrogens with one attached hydrogen (secondary N) is 2. The topological polar surface area (TPSA) is 88.3 Å². The standard InChI is InChI=1S/C15H15BrN2O4S/c1-9(19)17-5-4-11-2-3-14(23-11)13(20)8-22-15(21)12-6-10(16)7-18-12/h2-3,6-7,18H,4-5,8H2,1H3,(H,17,19). The van der Waals surface area contributed by atoms with Gasteiger partial charge in [-0.15, -0.1) is 11.3 Å². The number of H-pyrrole nitrogens is 1. The second-order valence-electron chi connectivity index (χ2n) is 4.73. The van der Waals surface area contributed by atoms with Crippen molar-refractivity contribution >= 4 is 44.9 Å². The van der Waals surface area contributed by atoms with Crippen molar-refractivity contribution in [1.29, 1.82) is 0 Å². The molecule has 8 heteroatoms. The summed E-state index contributed by atoms with van der Waals surface area (Å²) in [4.78, 5) is 38.8. The summed E-state index contributed by atoms with van der Waals surface area (Å²) in [6, 6.07) is 5.12. The van der Waals surface area contributed by atoms with Gasteiger partial charge in [0.25, 0.3) is 0 Å². The molecule has 0 bridgehead atoms. The third-order valence-electron chi connectivity index (χ3n) is 2.88. The number of Topliss-reactive ketones (excluding diaryl/α,β-unsaturated/α-hetero) is 1. The molecule has 0 aliphatic rings. The van der Waals surface area contributed by atoms with Gasteiger partial charge in [-0.3, -0.25) is 9.59 Å². The number of thiophene rings is 1. The van der Waals surface area contributed by atoms with Gasteiger partial charge in [-0.05, 0) is 40.5 Å². The van der Waals surface area contributed by atoms with E-state index in [1.165, 1.54) is 18.3 Å². The van der Waals surface area contributed by atoms with Gasteiger partial charge in [0.05, 0.1) is 4.88 Å². The van der Waals surface area contributed by atoms with Gasteiger partial charge in [0.15, 0.2) is 6.61 Å². The van der Waals surface area contributed by atoms with Gasteiger partial charge in [-0.25, -0.2) is 4.79 Å². The Morgan fingerprint density at radius 1 is 1.35 bits per heavy atom. The molecule has 2 rings (SSSR count). The maximum Gasteiger partial charge on any atom is 0.355 e. The van der Waals surface area contributed by atoms with E-state index in [9.17, 15) is 14.4 Å². The zero-order valence-corrected chi connectivity index (χ0v) is 14.8. The van der Waals surface area contributed by atoms with E-state index >= 15 is 0 Å². The van der Waals surface area contributed by atoms with E-state index in [2.05, 4.69) is 26.2 Å². The normalized spacial score (nSPS) is 10.3. The molecule has 23 heavy (non-hydrogen) atoms. The van der Waals surface area contributed by atoms with E-state index in [4.69, 9.17) is 4.74 Å². The Bertz CT molecular complexity index is 723. The second kappa shape index (κ2) is 8.07. The number of ether oxygens (including phenoxy) is 1. The number of halogens is 1. The van der Waals surface area contributed by atoms with Crippen molar-refractivity contribution in [2.45, 2.75) is 13.3 Å². The van der Waals surface area contributed by atoms with Crippen LogP contribution in [0.1, 0.15) is 32.0 Å². The lowest BCUT2D eigenvalue weighted by molar-refractivity contribution is -0.118. The summed E-state index contributed by atoms with van der Waals surface area (Å²) in [6.07, 6.45) is 2.27. The van der Waals surface area contributed by atoms with Gasteiger partial charge >= 0.3 is 5.97 Å². The van der Waals surface area contributed by atoms with E-state index in [-0.39, 0.29) is 24.0 Å². The van der Waals surface area contributed by atoms with E-state index in [0.717, 1.165) is 9.35 Å². The molecule has 2 N–H and O–H groups in total. The summed E-state index contributed by atoms with van der Waals surface area (Å²) in [7, 11) is 0. The van der Waals surface area contributed by atoms with Crippen LogP contribution >= 0.6 is 27.3 Å². The molecule has 0 aliphatic carbocycles. The molecule has 0 aliphatic heterocycles. The molecule has 2 heterocycles. The fourth-order valence-corrected chi connectivity index (χ4v) is 3.06. The summed E-state index contributed by atoms with van der Waals surface area (Å²) in [5, 5.41) is 2.70. The van der Waals surface area contributed by atoms with Crippen molar-refractivity contribution in [1.82, 2.24) is 10.3 Å². The smallest absolute Gasteiger partial charge is 0.355 e. The summed E-state index contributed by atoms with van der Waals surface area (Å²) in [5.74, 6) is -0.910. The third-order valence-corrected chi connectivity index (χ3v) is 4.53. The van der Waals surface area contributed by atoms with Crippen LogP contribution in [0.25, 0.3) is 0 Å². The van der Waals surface area contributed by atoms with E-state index in [0.29, 0.717) is 17.8 Å². The predicted molar refractivity (Wildman–Crippen MR) is 89.8 cm³/mol. The van der Waals surface area contributed by atoms with Crippen molar-refractivity contribution in [3.05, 3.63) is 44.3 Å². The zero-order chi connectivity index (χ0) is 16.8. The van der Waals surface area contributed by atoms with Gasteiger partial charge in [0.2, 0.25) is 11.7 Å². The maximum absolute atomic E-state index is 12.0. The highest BCUT2D eigenvalue weighted by Gasteiger charge is 2.14. The summed E-state index contributed by atoms with van der Waals surface area (Å²) in [6.45, 7) is 1.68.